The van der Waals surface area contributed by atoms with Gasteiger partial charge in [0.2, 0.25) is 5.91 Å². The van der Waals surface area contributed by atoms with Gasteiger partial charge < -0.3 is 15.5 Å². The summed E-state index contributed by atoms with van der Waals surface area (Å²) in [5, 5.41) is 6.92. The minimum Gasteiger partial charge on any atom is -0.367 e. The van der Waals surface area contributed by atoms with Crippen LogP contribution in [0, 0.1) is 0 Å². The number of halogens is 1. The van der Waals surface area contributed by atoms with Crippen LogP contribution in [0.4, 0.5) is 11.4 Å². The topological polar surface area (TPSA) is 44.4 Å². The van der Waals surface area contributed by atoms with Gasteiger partial charge in [-0.1, -0.05) is 25.4 Å². The van der Waals surface area contributed by atoms with Crippen molar-refractivity contribution in [3.63, 3.8) is 0 Å². The van der Waals surface area contributed by atoms with E-state index in [-0.39, 0.29) is 11.9 Å². The zero-order valence-corrected chi connectivity index (χ0v) is 13.3. The zero-order chi connectivity index (χ0) is 15.0. The van der Waals surface area contributed by atoms with Gasteiger partial charge in [0, 0.05) is 23.8 Å². The lowest BCUT2D eigenvalue weighted by molar-refractivity contribution is -0.117. The van der Waals surface area contributed by atoms with Crippen molar-refractivity contribution in [2.45, 2.75) is 45.2 Å². The number of fused-ring (bicyclic) bond motifs is 1. The van der Waals surface area contributed by atoms with E-state index in [4.69, 9.17) is 11.6 Å². The molecule has 1 saturated heterocycles. The monoisotopic (exact) mass is 307 g/mol. The van der Waals surface area contributed by atoms with Gasteiger partial charge in [-0.15, -0.1) is 0 Å². The first kappa shape index (κ1) is 14.7. The van der Waals surface area contributed by atoms with Crippen LogP contribution in [0.15, 0.2) is 12.1 Å². The van der Waals surface area contributed by atoms with E-state index in [1.165, 1.54) is 12.8 Å². The first-order chi connectivity index (χ1) is 10.2. The van der Waals surface area contributed by atoms with E-state index in [2.05, 4.69) is 22.5 Å². The Hall–Kier alpha value is -1.26. The van der Waals surface area contributed by atoms with Crippen LogP contribution in [0.25, 0.3) is 0 Å². The molecule has 0 saturated carbocycles. The fraction of sp³-hybridized carbons (Fsp3) is 0.562. The molecule has 0 aromatic heterocycles. The average molecular weight is 308 g/mol. The molecule has 2 atom stereocenters. The number of nitrogens with zero attached hydrogens (tertiary/aromatic N) is 1. The lowest BCUT2D eigenvalue weighted by Gasteiger charge is -2.27. The molecule has 2 N–H and O–H groups in total. The third-order valence-corrected chi connectivity index (χ3v) is 4.82. The summed E-state index contributed by atoms with van der Waals surface area (Å²) < 4.78 is 0. The van der Waals surface area contributed by atoms with Gasteiger partial charge in [0.15, 0.2) is 0 Å². The highest BCUT2D eigenvalue weighted by atomic mass is 35.5. The van der Waals surface area contributed by atoms with Gasteiger partial charge in [-0.2, -0.15) is 0 Å². The minimum absolute atomic E-state index is 0.00790. The Labute approximate surface area is 130 Å². The van der Waals surface area contributed by atoms with Crippen LogP contribution in [0.2, 0.25) is 5.02 Å². The Balaban J connectivity index is 1.96. The Morgan fingerprint density at radius 2 is 2.24 bits per heavy atom. The van der Waals surface area contributed by atoms with E-state index in [1.807, 2.05) is 19.1 Å². The number of benzene rings is 1. The van der Waals surface area contributed by atoms with Gasteiger partial charge in [-0.05, 0) is 37.9 Å². The van der Waals surface area contributed by atoms with Crippen LogP contribution in [0.1, 0.15) is 44.7 Å². The van der Waals surface area contributed by atoms with Crippen LogP contribution in [0.3, 0.4) is 0 Å². The highest BCUT2D eigenvalue weighted by Crippen LogP contribution is 2.41. The van der Waals surface area contributed by atoms with Gasteiger partial charge in [-0.3, -0.25) is 4.79 Å². The summed E-state index contributed by atoms with van der Waals surface area (Å²) in [5.74, 6) is 0.00790. The molecule has 0 bridgehead atoms. The number of nitrogens with one attached hydrogen (secondary N) is 2. The second kappa shape index (κ2) is 5.85. The summed E-state index contributed by atoms with van der Waals surface area (Å²) in [6.07, 6.45) is 3.55. The number of amides is 1. The Morgan fingerprint density at radius 1 is 1.43 bits per heavy atom. The largest absolute Gasteiger partial charge is 0.367 e. The molecule has 1 aromatic rings. The van der Waals surface area contributed by atoms with Crippen molar-refractivity contribution in [1.29, 1.82) is 0 Å². The van der Waals surface area contributed by atoms with Crippen molar-refractivity contribution in [2.24, 2.45) is 0 Å². The molecule has 0 aliphatic carbocycles. The van der Waals surface area contributed by atoms with Gasteiger partial charge in [0.1, 0.15) is 6.04 Å². The molecule has 0 spiro atoms. The number of anilines is 2. The van der Waals surface area contributed by atoms with Crippen LogP contribution in [-0.2, 0) is 4.79 Å². The SMILES string of the molecule is CCNC1C(=O)Nc2cc(N3CCCC3CC)c(Cl)cc21. The molecule has 21 heavy (non-hydrogen) atoms. The Bertz CT molecular complexity index is 561. The molecular weight excluding hydrogens is 286 g/mol. The fourth-order valence-corrected chi connectivity index (χ4v) is 3.76. The molecule has 114 valence electrons. The molecule has 4 nitrogen and oxygen atoms in total. The number of hydrogen-bond acceptors (Lipinski definition) is 3. The van der Waals surface area contributed by atoms with Crippen molar-refractivity contribution < 1.29 is 4.79 Å². The number of rotatable bonds is 4. The van der Waals surface area contributed by atoms with E-state index >= 15 is 0 Å². The molecule has 1 aromatic carbocycles. The molecule has 1 amide bonds. The van der Waals surface area contributed by atoms with Crippen molar-refractivity contribution in [3.05, 3.63) is 22.7 Å². The second-order valence-electron chi connectivity index (χ2n) is 5.77. The van der Waals surface area contributed by atoms with Gasteiger partial charge >= 0.3 is 0 Å². The maximum Gasteiger partial charge on any atom is 0.246 e. The molecule has 3 rings (SSSR count). The molecule has 2 unspecified atom stereocenters. The molecule has 2 aliphatic heterocycles. The third kappa shape index (κ3) is 2.51. The maximum atomic E-state index is 12.1. The van der Waals surface area contributed by atoms with Crippen molar-refractivity contribution in [3.8, 4) is 0 Å². The summed E-state index contributed by atoms with van der Waals surface area (Å²) in [6, 6.07) is 4.27. The number of likely N-dealkylation sites (N-methyl/N-ethyl adjacent to an activating group) is 1. The summed E-state index contributed by atoms with van der Waals surface area (Å²) in [4.78, 5) is 14.4. The van der Waals surface area contributed by atoms with Gasteiger partial charge in [-0.25, -0.2) is 0 Å². The minimum atomic E-state index is -0.280. The first-order valence-electron chi connectivity index (χ1n) is 7.80. The predicted molar refractivity (Wildman–Crippen MR) is 87.2 cm³/mol. The summed E-state index contributed by atoms with van der Waals surface area (Å²) >= 11 is 6.51. The zero-order valence-electron chi connectivity index (χ0n) is 12.6. The molecule has 2 aliphatic rings. The lowest BCUT2D eigenvalue weighted by Crippen LogP contribution is -2.28. The lowest BCUT2D eigenvalue weighted by atomic mass is 10.1. The summed E-state index contributed by atoms with van der Waals surface area (Å²) in [7, 11) is 0. The van der Waals surface area contributed by atoms with Crippen LogP contribution >= 0.6 is 11.6 Å². The van der Waals surface area contributed by atoms with E-state index in [0.717, 1.165) is 41.5 Å². The average Bonchev–Trinajstić information content (AvgIpc) is 3.04. The third-order valence-electron chi connectivity index (χ3n) is 4.52. The second-order valence-corrected chi connectivity index (χ2v) is 6.18. The number of hydrogen-bond donors (Lipinski definition) is 2. The maximum absolute atomic E-state index is 12.1. The van der Waals surface area contributed by atoms with Gasteiger partial charge in [0.05, 0.1) is 10.7 Å². The van der Waals surface area contributed by atoms with E-state index in [1.54, 1.807) is 0 Å². The summed E-state index contributed by atoms with van der Waals surface area (Å²) in [6.45, 7) is 6.01. The summed E-state index contributed by atoms with van der Waals surface area (Å²) in [5.41, 5.74) is 2.91. The van der Waals surface area contributed by atoms with Crippen molar-refractivity contribution >= 4 is 28.9 Å². The normalized spacial score (nSPS) is 24.3. The molecular formula is C16H22ClN3O. The highest BCUT2D eigenvalue weighted by Gasteiger charge is 2.32. The Morgan fingerprint density at radius 3 is 2.95 bits per heavy atom. The van der Waals surface area contributed by atoms with Crippen LogP contribution < -0.4 is 15.5 Å². The van der Waals surface area contributed by atoms with E-state index < -0.39 is 0 Å². The number of carbonyl (C=O) groups excluding carboxylic acids is 1. The molecule has 1 fully saturated rings. The molecule has 2 heterocycles. The van der Waals surface area contributed by atoms with Crippen molar-refractivity contribution in [1.82, 2.24) is 5.32 Å². The Kier molecular flexibility index (Phi) is 4.09. The first-order valence-corrected chi connectivity index (χ1v) is 8.17. The van der Waals surface area contributed by atoms with Crippen molar-refractivity contribution in [2.75, 3.05) is 23.3 Å². The quantitative estimate of drug-likeness (QED) is 0.897. The standard InChI is InChI=1S/C16H22ClN3O/c1-3-10-6-5-7-20(10)14-9-13-11(8-12(14)17)15(18-4-2)16(21)19-13/h8-10,15,18H,3-7H2,1-2H3,(H,19,21). The molecule has 0 radical (unpaired) electrons. The number of carbonyl (C=O) groups is 1. The van der Waals surface area contributed by atoms with Crippen LogP contribution in [0.5, 0.6) is 0 Å². The molecule has 5 heteroatoms. The predicted octanol–water partition coefficient (Wildman–Crippen LogP) is 3.32. The van der Waals surface area contributed by atoms with Crippen LogP contribution in [-0.4, -0.2) is 25.0 Å². The van der Waals surface area contributed by atoms with E-state index in [9.17, 15) is 4.79 Å². The smallest absolute Gasteiger partial charge is 0.246 e. The van der Waals surface area contributed by atoms with Gasteiger partial charge in [0.25, 0.3) is 0 Å². The fourth-order valence-electron chi connectivity index (χ4n) is 3.47. The van der Waals surface area contributed by atoms with E-state index in [0.29, 0.717) is 6.04 Å². The highest BCUT2D eigenvalue weighted by molar-refractivity contribution is 6.33.